The molecule has 0 atom stereocenters. The van der Waals surface area contributed by atoms with E-state index in [0.29, 0.717) is 5.56 Å². The van der Waals surface area contributed by atoms with Gasteiger partial charge < -0.3 is 5.32 Å². The molecule has 0 aliphatic rings. The van der Waals surface area contributed by atoms with Gasteiger partial charge in [-0.25, -0.2) is 4.39 Å². The number of rotatable bonds is 2. The summed E-state index contributed by atoms with van der Waals surface area (Å²) in [7, 11) is 1.81. The first-order chi connectivity index (χ1) is 5.58. The molecule has 0 spiro atoms. The minimum atomic E-state index is -0.340. The van der Waals surface area contributed by atoms with Gasteiger partial charge in [0.15, 0.2) is 0 Å². The molecule has 1 N–H and O–H groups in total. The predicted octanol–water partition coefficient (Wildman–Crippen LogP) is 1.68. The van der Waals surface area contributed by atoms with Crippen LogP contribution in [0.4, 0.5) is 4.39 Å². The standard InChI is InChI=1S/C9H13FN2/c1-9(2,11-3)7-4-5-12-6-8(7)10/h4-6,11H,1-3H3. The predicted molar refractivity (Wildman–Crippen MR) is 46.3 cm³/mol. The van der Waals surface area contributed by atoms with Gasteiger partial charge in [-0.2, -0.15) is 0 Å². The number of hydrogen-bond donors (Lipinski definition) is 1. The topological polar surface area (TPSA) is 24.9 Å². The fourth-order valence-corrected chi connectivity index (χ4v) is 1.02. The van der Waals surface area contributed by atoms with Gasteiger partial charge >= 0.3 is 0 Å². The van der Waals surface area contributed by atoms with Crippen LogP contribution in [0.25, 0.3) is 0 Å². The Hall–Kier alpha value is -0.960. The smallest absolute Gasteiger partial charge is 0.146 e. The maximum atomic E-state index is 13.2. The van der Waals surface area contributed by atoms with E-state index in [2.05, 4.69) is 10.3 Å². The molecule has 2 nitrogen and oxygen atoms in total. The molecule has 0 aliphatic heterocycles. The molecule has 0 bridgehead atoms. The van der Waals surface area contributed by atoms with Crippen LogP contribution in [0.2, 0.25) is 0 Å². The van der Waals surface area contributed by atoms with E-state index in [1.807, 2.05) is 13.8 Å². The first-order valence-electron chi connectivity index (χ1n) is 3.87. The Balaban J connectivity index is 3.10. The minimum Gasteiger partial charge on any atom is -0.311 e. The summed E-state index contributed by atoms with van der Waals surface area (Å²) in [6.07, 6.45) is 2.83. The van der Waals surface area contributed by atoms with Gasteiger partial charge in [0.25, 0.3) is 0 Å². The van der Waals surface area contributed by atoms with Gasteiger partial charge in [0.1, 0.15) is 5.82 Å². The van der Waals surface area contributed by atoms with Crippen molar-refractivity contribution in [3.05, 3.63) is 29.8 Å². The lowest BCUT2D eigenvalue weighted by molar-refractivity contribution is 0.418. The third kappa shape index (κ3) is 1.61. The molecule has 0 unspecified atom stereocenters. The number of nitrogens with one attached hydrogen (secondary N) is 1. The molecule has 1 heterocycles. The number of halogens is 1. The van der Waals surface area contributed by atoms with E-state index in [1.54, 1.807) is 19.3 Å². The first-order valence-corrected chi connectivity index (χ1v) is 3.87. The van der Waals surface area contributed by atoms with E-state index >= 15 is 0 Å². The normalized spacial score (nSPS) is 11.7. The van der Waals surface area contributed by atoms with Crippen LogP contribution in [-0.2, 0) is 5.54 Å². The third-order valence-corrected chi connectivity index (χ3v) is 2.07. The molecule has 66 valence electrons. The van der Waals surface area contributed by atoms with Gasteiger partial charge in [-0.3, -0.25) is 4.98 Å². The van der Waals surface area contributed by atoms with E-state index < -0.39 is 0 Å². The first kappa shape index (κ1) is 9.13. The van der Waals surface area contributed by atoms with E-state index in [9.17, 15) is 4.39 Å². The lowest BCUT2D eigenvalue weighted by atomic mass is 9.95. The molecule has 0 aliphatic carbocycles. The summed E-state index contributed by atoms with van der Waals surface area (Å²) in [5.74, 6) is -0.267. The molecular weight excluding hydrogens is 155 g/mol. The maximum absolute atomic E-state index is 13.2. The van der Waals surface area contributed by atoms with E-state index in [1.165, 1.54) is 6.20 Å². The molecule has 1 aromatic rings. The molecular formula is C9H13FN2. The summed E-state index contributed by atoms with van der Waals surface area (Å²) in [4.78, 5) is 3.69. The summed E-state index contributed by atoms with van der Waals surface area (Å²) in [6, 6.07) is 1.69. The SMILES string of the molecule is CNC(C)(C)c1ccncc1F. The highest BCUT2D eigenvalue weighted by atomic mass is 19.1. The van der Waals surface area contributed by atoms with Gasteiger partial charge in [-0.1, -0.05) is 0 Å². The van der Waals surface area contributed by atoms with Crippen LogP contribution in [0, 0.1) is 5.82 Å². The van der Waals surface area contributed by atoms with Crippen LogP contribution in [0.1, 0.15) is 19.4 Å². The molecule has 0 fully saturated rings. The number of pyridine rings is 1. The van der Waals surface area contributed by atoms with Crippen LogP contribution in [0.15, 0.2) is 18.5 Å². The molecule has 0 saturated heterocycles. The lowest BCUT2D eigenvalue weighted by Crippen LogP contribution is -2.34. The highest BCUT2D eigenvalue weighted by molar-refractivity contribution is 5.21. The van der Waals surface area contributed by atoms with Crippen molar-refractivity contribution < 1.29 is 4.39 Å². The highest BCUT2D eigenvalue weighted by Crippen LogP contribution is 2.20. The summed E-state index contributed by atoms with van der Waals surface area (Å²) < 4.78 is 13.2. The monoisotopic (exact) mass is 168 g/mol. The number of aromatic nitrogens is 1. The van der Waals surface area contributed by atoms with Crippen molar-refractivity contribution in [3.8, 4) is 0 Å². The Bertz CT molecular complexity index is 271. The Morgan fingerprint density at radius 1 is 1.50 bits per heavy atom. The molecule has 0 saturated carbocycles. The average molecular weight is 168 g/mol. The van der Waals surface area contributed by atoms with Gasteiger partial charge in [-0.15, -0.1) is 0 Å². The Morgan fingerprint density at radius 2 is 2.17 bits per heavy atom. The second kappa shape index (κ2) is 3.19. The zero-order chi connectivity index (χ0) is 9.19. The van der Waals surface area contributed by atoms with Gasteiger partial charge in [0, 0.05) is 17.3 Å². The molecule has 12 heavy (non-hydrogen) atoms. The summed E-state index contributed by atoms with van der Waals surface area (Å²) in [5.41, 5.74) is 0.299. The van der Waals surface area contributed by atoms with Crippen molar-refractivity contribution in [2.24, 2.45) is 0 Å². The lowest BCUT2D eigenvalue weighted by Gasteiger charge is -2.24. The van der Waals surface area contributed by atoms with Crippen molar-refractivity contribution in [1.82, 2.24) is 10.3 Å². The van der Waals surface area contributed by atoms with Crippen molar-refractivity contribution >= 4 is 0 Å². The third-order valence-electron chi connectivity index (χ3n) is 2.07. The fourth-order valence-electron chi connectivity index (χ4n) is 1.02. The second-order valence-electron chi connectivity index (χ2n) is 3.23. The molecule has 0 radical (unpaired) electrons. The molecule has 1 aromatic heterocycles. The molecule has 0 amide bonds. The maximum Gasteiger partial charge on any atom is 0.146 e. The summed E-state index contributed by atoms with van der Waals surface area (Å²) in [6.45, 7) is 3.84. The average Bonchev–Trinajstić information content (AvgIpc) is 2.05. The van der Waals surface area contributed by atoms with E-state index in [4.69, 9.17) is 0 Å². The minimum absolute atomic E-state index is 0.267. The van der Waals surface area contributed by atoms with E-state index in [-0.39, 0.29) is 11.4 Å². The quantitative estimate of drug-likeness (QED) is 0.726. The van der Waals surface area contributed by atoms with E-state index in [0.717, 1.165) is 0 Å². The largest absolute Gasteiger partial charge is 0.311 e. The van der Waals surface area contributed by atoms with Crippen LogP contribution in [0.3, 0.4) is 0 Å². The Kier molecular flexibility index (Phi) is 2.43. The fraction of sp³-hybridized carbons (Fsp3) is 0.444. The van der Waals surface area contributed by atoms with Crippen molar-refractivity contribution in [2.75, 3.05) is 7.05 Å². The molecule has 0 aromatic carbocycles. The van der Waals surface area contributed by atoms with Crippen LogP contribution < -0.4 is 5.32 Å². The van der Waals surface area contributed by atoms with Gasteiger partial charge in [0.2, 0.25) is 0 Å². The number of nitrogens with zero attached hydrogens (tertiary/aromatic N) is 1. The second-order valence-corrected chi connectivity index (χ2v) is 3.23. The summed E-state index contributed by atoms with van der Waals surface area (Å²) in [5, 5.41) is 3.03. The van der Waals surface area contributed by atoms with Crippen molar-refractivity contribution in [3.63, 3.8) is 0 Å². The zero-order valence-corrected chi connectivity index (χ0v) is 7.56. The van der Waals surface area contributed by atoms with Crippen LogP contribution in [-0.4, -0.2) is 12.0 Å². The van der Waals surface area contributed by atoms with Crippen LogP contribution in [0.5, 0.6) is 0 Å². The van der Waals surface area contributed by atoms with Crippen LogP contribution >= 0.6 is 0 Å². The van der Waals surface area contributed by atoms with Crippen molar-refractivity contribution in [2.45, 2.75) is 19.4 Å². The van der Waals surface area contributed by atoms with Gasteiger partial charge in [-0.05, 0) is 27.0 Å². The van der Waals surface area contributed by atoms with Gasteiger partial charge in [0.05, 0.1) is 6.20 Å². The van der Waals surface area contributed by atoms with Crippen molar-refractivity contribution in [1.29, 1.82) is 0 Å². The molecule has 3 heteroatoms. The highest BCUT2D eigenvalue weighted by Gasteiger charge is 2.21. The molecule has 1 rings (SSSR count). The Labute approximate surface area is 71.8 Å². The zero-order valence-electron chi connectivity index (χ0n) is 7.56. The Morgan fingerprint density at radius 3 is 2.67 bits per heavy atom. The number of hydrogen-bond acceptors (Lipinski definition) is 2. The summed E-state index contributed by atoms with van der Waals surface area (Å²) >= 11 is 0.